The highest BCUT2D eigenvalue weighted by molar-refractivity contribution is 7.91. The molecule has 0 radical (unpaired) electrons. The molecule has 2 heterocycles. The Morgan fingerprint density at radius 1 is 1.22 bits per heavy atom. The predicted octanol–water partition coefficient (Wildman–Crippen LogP) is 2.96. The third-order valence-electron chi connectivity index (χ3n) is 5.06. The van der Waals surface area contributed by atoms with E-state index in [9.17, 15) is 13.2 Å². The van der Waals surface area contributed by atoms with Crippen LogP contribution in [0.2, 0.25) is 0 Å². The summed E-state index contributed by atoms with van der Waals surface area (Å²) >= 11 is 0. The fourth-order valence-corrected chi connectivity index (χ4v) is 5.10. The van der Waals surface area contributed by atoms with Crippen molar-refractivity contribution in [3.8, 4) is 0 Å². The molecular formula is C20H25N3O3S. The van der Waals surface area contributed by atoms with Gasteiger partial charge in [-0.15, -0.1) is 0 Å². The fraction of sp³-hybridized carbons (Fsp3) is 0.400. The van der Waals surface area contributed by atoms with E-state index in [0.717, 1.165) is 11.3 Å². The molecule has 0 spiro atoms. The van der Waals surface area contributed by atoms with E-state index in [0.29, 0.717) is 24.3 Å². The number of nitrogens with one attached hydrogen (secondary N) is 1. The number of amides is 1. The Morgan fingerprint density at radius 2 is 2.00 bits per heavy atom. The smallest absolute Gasteiger partial charge is 0.255 e. The fourth-order valence-electron chi connectivity index (χ4n) is 3.37. The van der Waals surface area contributed by atoms with Gasteiger partial charge >= 0.3 is 0 Å². The van der Waals surface area contributed by atoms with Crippen LogP contribution in [0.3, 0.4) is 0 Å². The summed E-state index contributed by atoms with van der Waals surface area (Å²) in [6, 6.07) is 9.10. The van der Waals surface area contributed by atoms with Crippen molar-refractivity contribution < 1.29 is 13.2 Å². The molecule has 1 saturated heterocycles. The summed E-state index contributed by atoms with van der Waals surface area (Å²) in [6.45, 7) is 6.63. The Kier molecular flexibility index (Phi) is 5.51. The third-order valence-corrected chi connectivity index (χ3v) is 6.81. The van der Waals surface area contributed by atoms with Crippen LogP contribution in [-0.4, -0.2) is 43.4 Å². The van der Waals surface area contributed by atoms with Crippen LogP contribution in [0.25, 0.3) is 0 Å². The van der Waals surface area contributed by atoms with E-state index in [1.54, 1.807) is 18.3 Å². The zero-order valence-electron chi connectivity index (χ0n) is 15.9. The molecule has 1 atom stereocenters. The number of nitrogens with zero attached hydrogens (tertiary/aromatic N) is 2. The van der Waals surface area contributed by atoms with Gasteiger partial charge in [0.2, 0.25) is 0 Å². The van der Waals surface area contributed by atoms with Gasteiger partial charge in [0.1, 0.15) is 5.82 Å². The highest BCUT2D eigenvalue weighted by Gasteiger charge is 2.32. The van der Waals surface area contributed by atoms with E-state index in [4.69, 9.17) is 0 Å². The average Bonchev–Trinajstić information content (AvgIpc) is 2.98. The Hall–Kier alpha value is -2.41. The standard InChI is InChI=1S/C20H25N3O3S/c1-4-23(18-8-10-27(25,26)13-18)19-12-16(7-9-21-19)20(24)22-17-6-5-14(2)15(3)11-17/h5-7,9,11-12,18H,4,8,10,13H2,1-3H3,(H,22,24). The van der Waals surface area contributed by atoms with Crippen molar-refractivity contribution >= 4 is 27.2 Å². The molecule has 0 bridgehead atoms. The van der Waals surface area contributed by atoms with Crippen molar-refractivity contribution in [2.45, 2.75) is 33.2 Å². The first-order valence-electron chi connectivity index (χ1n) is 9.11. The number of hydrogen-bond acceptors (Lipinski definition) is 5. The normalized spacial score (nSPS) is 18.3. The van der Waals surface area contributed by atoms with Gasteiger partial charge in [-0.25, -0.2) is 13.4 Å². The summed E-state index contributed by atoms with van der Waals surface area (Å²) < 4.78 is 23.6. The molecule has 3 rings (SSSR count). The molecule has 27 heavy (non-hydrogen) atoms. The zero-order chi connectivity index (χ0) is 19.6. The third kappa shape index (κ3) is 4.47. The molecule has 1 aromatic heterocycles. The van der Waals surface area contributed by atoms with Gasteiger partial charge in [0, 0.05) is 30.0 Å². The largest absolute Gasteiger partial charge is 0.353 e. The molecule has 1 N–H and O–H groups in total. The zero-order valence-corrected chi connectivity index (χ0v) is 16.7. The molecule has 0 saturated carbocycles. The lowest BCUT2D eigenvalue weighted by atomic mass is 10.1. The molecule has 1 aromatic carbocycles. The van der Waals surface area contributed by atoms with Crippen molar-refractivity contribution in [2.24, 2.45) is 0 Å². The van der Waals surface area contributed by atoms with Crippen LogP contribution >= 0.6 is 0 Å². The van der Waals surface area contributed by atoms with Crippen LogP contribution in [0, 0.1) is 13.8 Å². The number of carbonyl (C=O) groups is 1. The molecule has 1 amide bonds. The first-order chi connectivity index (χ1) is 12.8. The van der Waals surface area contributed by atoms with Crippen molar-refractivity contribution in [3.05, 3.63) is 53.2 Å². The molecule has 6 nitrogen and oxygen atoms in total. The average molecular weight is 388 g/mol. The molecule has 0 aliphatic carbocycles. The van der Waals surface area contributed by atoms with Crippen molar-refractivity contribution in [1.82, 2.24) is 4.98 Å². The highest BCUT2D eigenvalue weighted by Crippen LogP contribution is 2.24. The minimum atomic E-state index is -2.98. The summed E-state index contributed by atoms with van der Waals surface area (Å²) in [5.74, 6) is 0.771. The molecule has 1 aliphatic heterocycles. The number of aromatic nitrogens is 1. The Balaban J connectivity index is 1.79. The number of anilines is 2. The second-order valence-electron chi connectivity index (χ2n) is 7.00. The summed E-state index contributed by atoms with van der Waals surface area (Å²) in [6.07, 6.45) is 2.19. The predicted molar refractivity (Wildman–Crippen MR) is 108 cm³/mol. The topological polar surface area (TPSA) is 79.4 Å². The Labute approximate surface area is 160 Å². The van der Waals surface area contributed by atoms with Gasteiger partial charge in [-0.3, -0.25) is 4.79 Å². The van der Waals surface area contributed by atoms with Crippen molar-refractivity contribution in [2.75, 3.05) is 28.3 Å². The Bertz CT molecular complexity index is 957. The summed E-state index contributed by atoms with van der Waals surface area (Å²) in [4.78, 5) is 19.0. The van der Waals surface area contributed by atoms with Gasteiger partial charge in [-0.05, 0) is 62.6 Å². The SMILES string of the molecule is CCN(c1cc(C(=O)Nc2ccc(C)c(C)c2)ccn1)C1CCS(=O)(=O)C1. The van der Waals surface area contributed by atoms with E-state index in [-0.39, 0.29) is 23.5 Å². The first-order valence-corrected chi connectivity index (χ1v) is 10.9. The number of sulfone groups is 1. The van der Waals surface area contributed by atoms with Gasteiger partial charge in [-0.2, -0.15) is 0 Å². The number of rotatable bonds is 5. The van der Waals surface area contributed by atoms with E-state index in [2.05, 4.69) is 10.3 Å². The van der Waals surface area contributed by atoms with Gasteiger partial charge in [0.15, 0.2) is 9.84 Å². The minimum absolute atomic E-state index is 0.0921. The second-order valence-corrected chi connectivity index (χ2v) is 9.23. The minimum Gasteiger partial charge on any atom is -0.353 e. The van der Waals surface area contributed by atoms with Crippen LogP contribution < -0.4 is 10.2 Å². The number of benzene rings is 1. The van der Waals surface area contributed by atoms with Crippen LogP contribution in [0.15, 0.2) is 36.5 Å². The molecular weight excluding hydrogens is 362 g/mol. The number of pyridine rings is 1. The molecule has 7 heteroatoms. The molecule has 1 unspecified atom stereocenters. The Morgan fingerprint density at radius 3 is 2.63 bits per heavy atom. The van der Waals surface area contributed by atoms with Gasteiger partial charge in [0.05, 0.1) is 11.5 Å². The second kappa shape index (κ2) is 7.68. The molecule has 144 valence electrons. The maximum absolute atomic E-state index is 12.6. The first kappa shape index (κ1) is 19.4. The lowest BCUT2D eigenvalue weighted by Crippen LogP contribution is -2.36. The number of carbonyl (C=O) groups excluding carboxylic acids is 1. The number of hydrogen-bond donors (Lipinski definition) is 1. The summed E-state index contributed by atoms with van der Waals surface area (Å²) in [5.41, 5.74) is 3.53. The van der Waals surface area contributed by atoms with Crippen LogP contribution in [-0.2, 0) is 9.84 Å². The summed E-state index contributed by atoms with van der Waals surface area (Å²) in [5, 5.41) is 2.91. The molecule has 1 aliphatic rings. The van der Waals surface area contributed by atoms with Crippen molar-refractivity contribution in [1.29, 1.82) is 0 Å². The lowest BCUT2D eigenvalue weighted by molar-refractivity contribution is 0.102. The van der Waals surface area contributed by atoms with Gasteiger partial charge < -0.3 is 10.2 Å². The van der Waals surface area contributed by atoms with Gasteiger partial charge in [-0.1, -0.05) is 6.07 Å². The monoisotopic (exact) mass is 387 g/mol. The van der Waals surface area contributed by atoms with Crippen LogP contribution in [0.4, 0.5) is 11.5 Å². The number of aryl methyl sites for hydroxylation is 2. The van der Waals surface area contributed by atoms with Gasteiger partial charge in [0.25, 0.3) is 5.91 Å². The maximum Gasteiger partial charge on any atom is 0.255 e. The van der Waals surface area contributed by atoms with Crippen LogP contribution in [0.5, 0.6) is 0 Å². The van der Waals surface area contributed by atoms with E-state index < -0.39 is 9.84 Å². The van der Waals surface area contributed by atoms with Crippen LogP contribution in [0.1, 0.15) is 34.8 Å². The van der Waals surface area contributed by atoms with E-state index >= 15 is 0 Å². The van der Waals surface area contributed by atoms with E-state index in [1.165, 1.54) is 5.56 Å². The molecule has 2 aromatic rings. The highest BCUT2D eigenvalue weighted by atomic mass is 32.2. The maximum atomic E-state index is 12.6. The molecule has 1 fully saturated rings. The lowest BCUT2D eigenvalue weighted by Gasteiger charge is -2.28. The summed E-state index contributed by atoms with van der Waals surface area (Å²) in [7, 11) is -2.98. The quantitative estimate of drug-likeness (QED) is 0.853. The van der Waals surface area contributed by atoms with E-state index in [1.807, 2.05) is 43.9 Å². The van der Waals surface area contributed by atoms with Crippen molar-refractivity contribution in [3.63, 3.8) is 0 Å².